The number of aliphatic imine (C=N–C) groups is 1. The topological polar surface area (TPSA) is 77.3 Å². The number of fused-ring (bicyclic) bond motifs is 2. The maximum atomic E-state index is 5.57. The zero-order valence-corrected chi connectivity index (χ0v) is 16.8. The minimum Gasteiger partial charge on any atom is -0.370 e. The molecule has 1 aromatic carbocycles. The summed E-state index contributed by atoms with van der Waals surface area (Å²) in [7, 11) is 0. The second-order valence-electron chi connectivity index (χ2n) is 7.16. The van der Waals surface area contributed by atoms with E-state index >= 15 is 0 Å². The molecule has 4 rings (SSSR count). The van der Waals surface area contributed by atoms with E-state index in [1.54, 1.807) is 11.3 Å². The third-order valence-electron chi connectivity index (χ3n) is 5.56. The average molecular weight is 421 g/mol. The summed E-state index contributed by atoms with van der Waals surface area (Å²) in [4.78, 5) is 10.5. The number of aromatic nitrogens is 1. The summed E-state index contributed by atoms with van der Waals surface area (Å²) in [5.74, 6) is 0.669. The van der Waals surface area contributed by atoms with Gasteiger partial charge in [-0.05, 0) is 37.2 Å². The van der Waals surface area contributed by atoms with Crippen LogP contribution in [-0.2, 0) is 11.8 Å². The van der Waals surface area contributed by atoms with Crippen LogP contribution in [0.3, 0.4) is 0 Å². The van der Waals surface area contributed by atoms with E-state index in [1.165, 1.54) is 54.7 Å². The molecule has 4 N–H and O–H groups in total. The van der Waals surface area contributed by atoms with Crippen LogP contribution in [0.5, 0.6) is 0 Å². The standard InChI is InChI=1S/C19H24N4S.BrH/c20-17(21)23-18-22-16-15(24-18)11-14(13-7-3-1-4-8-13)12-19(16)9-5-2-6-10-19;/h1,3-4,7-8,14H,2,5-6,9-12H2,(H4,20,21,22,23);1H/t14-;/m0./s1. The number of hydrogen-bond donors (Lipinski definition) is 2. The van der Waals surface area contributed by atoms with Crippen molar-refractivity contribution in [3.05, 3.63) is 46.5 Å². The van der Waals surface area contributed by atoms with Crippen molar-refractivity contribution in [3.8, 4) is 0 Å². The van der Waals surface area contributed by atoms with Gasteiger partial charge in [-0.1, -0.05) is 60.9 Å². The van der Waals surface area contributed by atoms with Gasteiger partial charge in [-0.3, -0.25) is 0 Å². The number of rotatable bonds is 2. The Labute approximate surface area is 163 Å². The smallest absolute Gasteiger partial charge is 0.212 e. The average Bonchev–Trinajstić information content (AvgIpc) is 2.99. The molecule has 0 bridgehead atoms. The van der Waals surface area contributed by atoms with Gasteiger partial charge < -0.3 is 11.5 Å². The highest BCUT2D eigenvalue weighted by Crippen LogP contribution is 2.53. The van der Waals surface area contributed by atoms with Crippen molar-refractivity contribution < 1.29 is 0 Å². The number of guanidine groups is 1. The molecule has 6 heteroatoms. The first-order valence-corrected chi connectivity index (χ1v) is 9.63. The second-order valence-corrected chi connectivity index (χ2v) is 8.22. The molecular formula is C19H25BrN4S. The van der Waals surface area contributed by atoms with Crippen LogP contribution in [0.4, 0.5) is 5.13 Å². The number of benzene rings is 1. The maximum absolute atomic E-state index is 5.57. The van der Waals surface area contributed by atoms with Crippen LogP contribution in [0.25, 0.3) is 0 Å². The third-order valence-corrected chi connectivity index (χ3v) is 6.54. The molecule has 2 aliphatic carbocycles. The maximum Gasteiger partial charge on any atom is 0.212 e. The molecule has 0 unspecified atom stereocenters. The van der Waals surface area contributed by atoms with Crippen LogP contribution >= 0.6 is 28.3 Å². The lowest BCUT2D eigenvalue weighted by Crippen LogP contribution is -2.36. The van der Waals surface area contributed by atoms with Gasteiger partial charge in [0.1, 0.15) is 0 Å². The molecule has 2 aliphatic rings. The van der Waals surface area contributed by atoms with Gasteiger partial charge in [0.05, 0.1) is 5.69 Å². The van der Waals surface area contributed by atoms with Crippen LogP contribution in [0.15, 0.2) is 35.3 Å². The lowest BCUT2D eigenvalue weighted by molar-refractivity contribution is 0.235. The molecule has 0 aliphatic heterocycles. The second kappa shape index (κ2) is 7.46. The summed E-state index contributed by atoms with van der Waals surface area (Å²) in [5, 5.41) is 0.721. The van der Waals surface area contributed by atoms with E-state index in [0.29, 0.717) is 5.92 Å². The Morgan fingerprint density at radius 2 is 1.84 bits per heavy atom. The number of nitrogens with two attached hydrogens (primary N) is 2. The minimum atomic E-state index is 0. The van der Waals surface area contributed by atoms with Gasteiger partial charge in [-0.2, -0.15) is 4.99 Å². The van der Waals surface area contributed by atoms with Crippen LogP contribution in [0, 0.1) is 0 Å². The van der Waals surface area contributed by atoms with Gasteiger partial charge in [0.25, 0.3) is 0 Å². The highest BCUT2D eigenvalue weighted by atomic mass is 79.9. The van der Waals surface area contributed by atoms with Gasteiger partial charge in [0, 0.05) is 10.3 Å². The molecule has 1 atom stereocenters. The van der Waals surface area contributed by atoms with Crippen molar-refractivity contribution in [2.45, 2.75) is 56.3 Å². The fourth-order valence-electron chi connectivity index (χ4n) is 4.54. The number of thiazole rings is 1. The molecule has 1 aromatic heterocycles. The van der Waals surface area contributed by atoms with Gasteiger partial charge in [-0.25, -0.2) is 4.98 Å². The summed E-state index contributed by atoms with van der Waals surface area (Å²) in [5.41, 5.74) is 14.1. The highest BCUT2D eigenvalue weighted by Gasteiger charge is 2.44. The third kappa shape index (κ3) is 3.60. The van der Waals surface area contributed by atoms with Crippen LogP contribution in [0.2, 0.25) is 0 Å². The van der Waals surface area contributed by atoms with E-state index in [1.807, 2.05) is 0 Å². The molecule has 2 aromatic rings. The molecule has 134 valence electrons. The first-order valence-electron chi connectivity index (χ1n) is 8.81. The van der Waals surface area contributed by atoms with Crippen molar-refractivity contribution in [1.82, 2.24) is 4.98 Å². The zero-order valence-electron chi connectivity index (χ0n) is 14.3. The minimum absolute atomic E-state index is 0. The Kier molecular flexibility index (Phi) is 5.49. The summed E-state index contributed by atoms with van der Waals surface area (Å²) in [6.07, 6.45) is 8.70. The molecule has 0 radical (unpaired) electrons. The van der Waals surface area contributed by atoms with Crippen LogP contribution < -0.4 is 11.5 Å². The highest BCUT2D eigenvalue weighted by molar-refractivity contribution is 8.93. The Morgan fingerprint density at radius 1 is 1.12 bits per heavy atom. The SMILES string of the molecule is Br.NC(N)=Nc1nc2c(s1)C[C@H](c1ccccc1)CC21CCCCC1. The van der Waals surface area contributed by atoms with E-state index in [0.717, 1.165) is 11.6 Å². The normalized spacial score (nSPS) is 21.2. The zero-order chi connectivity index (χ0) is 16.6. The summed E-state index contributed by atoms with van der Waals surface area (Å²) in [6.45, 7) is 0. The number of halogens is 1. The number of nitrogens with zero attached hydrogens (tertiary/aromatic N) is 2. The Bertz CT molecular complexity index is 746. The van der Waals surface area contributed by atoms with Crippen molar-refractivity contribution in [3.63, 3.8) is 0 Å². The van der Waals surface area contributed by atoms with E-state index in [2.05, 4.69) is 35.3 Å². The molecule has 1 heterocycles. The molecule has 1 saturated carbocycles. The van der Waals surface area contributed by atoms with Crippen molar-refractivity contribution in [2.75, 3.05) is 0 Å². The fraction of sp³-hybridized carbons (Fsp3) is 0.474. The Balaban J connectivity index is 0.00000182. The lowest BCUT2D eigenvalue weighted by atomic mass is 9.62. The molecule has 0 saturated heterocycles. The van der Waals surface area contributed by atoms with Gasteiger partial charge in [0.15, 0.2) is 5.96 Å². The predicted molar refractivity (Wildman–Crippen MR) is 110 cm³/mol. The first-order chi connectivity index (χ1) is 11.7. The quantitative estimate of drug-likeness (QED) is 0.551. The van der Waals surface area contributed by atoms with E-state index in [9.17, 15) is 0 Å². The molecule has 4 nitrogen and oxygen atoms in total. The molecule has 25 heavy (non-hydrogen) atoms. The van der Waals surface area contributed by atoms with E-state index < -0.39 is 0 Å². The van der Waals surface area contributed by atoms with E-state index in [4.69, 9.17) is 16.5 Å². The van der Waals surface area contributed by atoms with Gasteiger partial charge in [0.2, 0.25) is 5.13 Å². The molecule has 1 spiro atoms. The predicted octanol–water partition coefficient (Wildman–Crippen LogP) is 4.56. The van der Waals surface area contributed by atoms with Gasteiger partial charge >= 0.3 is 0 Å². The van der Waals surface area contributed by atoms with Gasteiger partial charge in [-0.15, -0.1) is 17.0 Å². The first kappa shape index (κ1) is 18.4. The van der Waals surface area contributed by atoms with Crippen molar-refractivity contribution >= 4 is 39.4 Å². The summed E-state index contributed by atoms with van der Waals surface area (Å²) >= 11 is 1.67. The Morgan fingerprint density at radius 3 is 2.52 bits per heavy atom. The van der Waals surface area contributed by atoms with Crippen LogP contribution in [-0.4, -0.2) is 10.9 Å². The van der Waals surface area contributed by atoms with Crippen molar-refractivity contribution in [2.24, 2.45) is 16.5 Å². The lowest BCUT2D eigenvalue weighted by Gasteiger charge is -2.42. The monoisotopic (exact) mass is 420 g/mol. The molecule has 1 fully saturated rings. The fourth-order valence-corrected chi connectivity index (χ4v) is 5.70. The van der Waals surface area contributed by atoms with Crippen LogP contribution in [0.1, 0.15) is 60.6 Å². The molecular weight excluding hydrogens is 396 g/mol. The molecule has 0 amide bonds. The summed E-state index contributed by atoms with van der Waals surface area (Å²) < 4.78 is 0. The largest absolute Gasteiger partial charge is 0.370 e. The number of hydrogen-bond acceptors (Lipinski definition) is 3. The van der Waals surface area contributed by atoms with E-state index in [-0.39, 0.29) is 28.4 Å². The summed E-state index contributed by atoms with van der Waals surface area (Å²) in [6, 6.07) is 10.9. The Hall–Kier alpha value is -1.40. The van der Waals surface area contributed by atoms with Crippen molar-refractivity contribution in [1.29, 1.82) is 0 Å².